The van der Waals surface area contributed by atoms with Crippen LogP contribution in [0.4, 0.5) is 0 Å². The van der Waals surface area contributed by atoms with Crippen LogP contribution in [-0.4, -0.2) is 19.9 Å². The van der Waals surface area contributed by atoms with Crippen LogP contribution in [0.1, 0.15) is 72.5 Å². The lowest BCUT2D eigenvalue weighted by Gasteiger charge is -2.22. The molecule has 5 heteroatoms. The number of para-hydroxylation sites is 1. The summed E-state index contributed by atoms with van der Waals surface area (Å²) in [5.41, 5.74) is 4.11. The van der Waals surface area contributed by atoms with Crippen molar-refractivity contribution < 1.29 is 12.6 Å². The molecule has 6 rings (SSSR count). The van der Waals surface area contributed by atoms with Gasteiger partial charge in [0.2, 0.25) is 0 Å². The number of rotatable bonds is 3. The van der Waals surface area contributed by atoms with E-state index in [0.717, 1.165) is 16.5 Å². The molecule has 0 N–H and O–H groups in total. The average molecular weight is 547 g/mol. The predicted molar refractivity (Wildman–Crippen MR) is 168 cm³/mol. The maximum Gasteiger partial charge on any atom is 0.163 e. The highest BCUT2D eigenvalue weighted by atomic mass is 16.3. The van der Waals surface area contributed by atoms with Gasteiger partial charge >= 0.3 is 0 Å². The van der Waals surface area contributed by atoms with Gasteiger partial charge in [0.1, 0.15) is 22.8 Å². The van der Waals surface area contributed by atoms with Crippen molar-refractivity contribution in [3.63, 3.8) is 0 Å². The SMILES string of the molecule is [2H]C([2H])([2H])c1ccc(-c2cccc3c2oc2c(-c4cccc(-c5nc(C(C)(C)C)nc(C(C)(C)C)n5)c4)cc(C([2H])([2H])[2H])cc23)nc1. The van der Waals surface area contributed by atoms with Gasteiger partial charge in [-0.1, -0.05) is 77.9 Å². The van der Waals surface area contributed by atoms with E-state index in [0.29, 0.717) is 50.8 Å². The van der Waals surface area contributed by atoms with E-state index >= 15 is 0 Å². The molecule has 3 heterocycles. The third-order valence-corrected chi connectivity index (χ3v) is 7.05. The Labute approximate surface area is 250 Å². The summed E-state index contributed by atoms with van der Waals surface area (Å²) in [6.45, 7) is 7.77. The molecule has 0 saturated carbocycles. The summed E-state index contributed by atoms with van der Waals surface area (Å²) >= 11 is 0. The molecule has 0 aliphatic rings. The Morgan fingerprint density at radius 3 is 1.98 bits per heavy atom. The van der Waals surface area contributed by atoms with Crippen LogP contribution in [0.2, 0.25) is 0 Å². The minimum atomic E-state index is -2.37. The standard InChI is InChI=1S/C36H36N4O/c1-21-15-16-29(37-20-21)26-14-10-13-25-28-18-22(2)17-27(31(28)41-30(25)26)23-11-9-12-24(19-23)32-38-33(35(3,4)5)40-34(39-32)36(6,7)8/h9-20H,1-8H3/i1D3,2D3. The van der Waals surface area contributed by atoms with Gasteiger partial charge in [0.15, 0.2) is 5.82 Å². The number of aryl methyl sites for hydroxylation is 2. The summed E-state index contributed by atoms with van der Waals surface area (Å²) in [4.78, 5) is 19.0. The Kier molecular flexibility index (Phi) is 4.81. The Morgan fingerprint density at radius 2 is 1.32 bits per heavy atom. The summed E-state index contributed by atoms with van der Waals surface area (Å²) in [6, 6.07) is 19.8. The molecule has 6 aromatic rings. The number of fused-ring (bicyclic) bond motifs is 3. The topological polar surface area (TPSA) is 64.7 Å². The molecule has 206 valence electrons. The van der Waals surface area contributed by atoms with Crippen LogP contribution in [0.3, 0.4) is 0 Å². The van der Waals surface area contributed by atoms with E-state index in [-0.39, 0.29) is 22.0 Å². The lowest BCUT2D eigenvalue weighted by molar-refractivity contribution is 0.497. The molecule has 0 unspecified atom stereocenters. The van der Waals surface area contributed by atoms with Crippen molar-refractivity contribution in [3.05, 3.63) is 95.7 Å². The molecule has 5 nitrogen and oxygen atoms in total. The van der Waals surface area contributed by atoms with Crippen molar-refractivity contribution in [2.24, 2.45) is 0 Å². The molecule has 0 bridgehead atoms. The monoisotopic (exact) mass is 546 g/mol. The zero-order chi connectivity index (χ0) is 34.1. The first-order valence-electron chi connectivity index (χ1n) is 16.7. The molecule has 3 aromatic heterocycles. The average Bonchev–Trinajstić information content (AvgIpc) is 3.38. The minimum Gasteiger partial charge on any atom is -0.455 e. The van der Waals surface area contributed by atoms with Gasteiger partial charge in [0.05, 0.1) is 5.69 Å². The van der Waals surface area contributed by atoms with Gasteiger partial charge in [-0.3, -0.25) is 4.98 Å². The number of hydrogen-bond donors (Lipinski definition) is 0. The molecule has 41 heavy (non-hydrogen) atoms. The zero-order valence-electron chi connectivity index (χ0n) is 30.1. The second-order valence-corrected chi connectivity index (χ2v) is 12.5. The molecule has 0 atom stereocenters. The van der Waals surface area contributed by atoms with Crippen molar-refractivity contribution in [1.82, 2.24) is 19.9 Å². The number of aromatic nitrogens is 4. The number of nitrogens with zero attached hydrogens (tertiary/aromatic N) is 4. The van der Waals surface area contributed by atoms with Gasteiger partial charge in [0.25, 0.3) is 0 Å². The molecule has 3 aromatic carbocycles. The van der Waals surface area contributed by atoms with E-state index in [1.165, 1.54) is 12.3 Å². The predicted octanol–water partition coefficient (Wildman–Crippen LogP) is 9.38. The molecule has 0 fully saturated rings. The fourth-order valence-corrected chi connectivity index (χ4v) is 4.87. The highest BCUT2D eigenvalue weighted by Crippen LogP contribution is 2.41. The van der Waals surface area contributed by atoms with Gasteiger partial charge in [-0.2, -0.15) is 0 Å². The molecular weight excluding hydrogens is 504 g/mol. The van der Waals surface area contributed by atoms with Crippen molar-refractivity contribution in [2.45, 2.75) is 66.1 Å². The fourth-order valence-electron chi connectivity index (χ4n) is 4.87. The van der Waals surface area contributed by atoms with E-state index in [2.05, 4.69) is 46.5 Å². The normalized spacial score (nSPS) is 15.2. The summed E-state index contributed by atoms with van der Waals surface area (Å²) in [6.07, 6.45) is 1.35. The first kappa shape index (κ1) is 20.5. The van der Waals surface area contributed by atoms with Crippen LogP contribution >= 0.6 is 0 Å². The number of benzene rings is 3. The smallest absolute Gasteiger partial charge is 0.163 e. The summed E-state index contributed by atoms with van der Waals surface area (Å²) < 4.78 is 54.5. The maximum atomic E-state index is 8.28. The maximum absolute atomic E-state index is 8.28. The lowest BCUT2D eigenvalue weighted by Crippen LogP contribution is -2.24. The third kappa shape index (κ3) is 5.01. The molecule has 0 saturated heterocycles. The van der Waals surface area contributed by atoms with Gasteiger partial charge in [0, 0.05) is 52.7 Å². The number of furan rings is 1. The highest BCUT2D eigenvalue weighted by molar-refractivity contribution is 6.13. The van der Waals surface area contributed by atoms with E-state index < -0.39 is 13.7 Å². The molecular formula is C36H36N4O. The second-order valence-electron chi connectivity index (χ2n) is 12.5. The Hall–Kier alpha value is -4.38. The molecule has 0 aliphatic carbocycles. The minimum absolute atomic E-state index is 0.143. The summed E-state index contributed by atoms with van der Waals surface area (Å²) in [5, 5.41) is 1.38. The van der Waals surface area contributed by atoms with Crippen LogP contribution in [0.5, 0.6) is 0 Å². The van der Waals surface area contributed by atoms with E-state index in [4.69, 9.17) is 27.6 Å². The van der Waals surface area contributed by atoms with Gasteiger partial charge in [-0.05, 0) is 60.7 Å². The van der Waals surface area contributed by atoms with Crippen molar-refractivity contribution in [1.29, 1.82) is 0 Å². The van der Waals surface area contributed by atoms with Crippen LogP contribution in [0, 0.1) is 13.7 Å². The van der Waals surface area contributed by atoms with Crippen LogP contribution < -0.4 is 0 Å². The van der Waals surface area contributed by atoms with E-state index in [1.807, 2.05) is 42.5 Å². The largest absolute Gasteiger partial charge is 0.455 e. The van der Waals surface area contributed by atoms with Gasteiger partial charge < -0.3 is 4.42 Å². The van der Waals surface area contributed by atoms with E-state index in [1.54, 1.807) is 18.2 Å². The molecule has 0 radical (unpaired) electrons. The van der Waals surface area contributed by atoms with E-state index in [9.17, 15) is 0 Å². The Bertz CT molecular complexity index is 2100. The zero-order valence-corrected chi connectivity index (χ0v) is 24.1. The molecule has 0 spiro atoms. The number of pyridine rings is 1. The first-order valence-corrected chi connectivity index (χ1v) is 13.7. The van der Waals surface area contributed by atoms with Gasteiger partial charge in [-0.15, -0.1) is 0 Å². The Morgan fingerprint density at radius 1 is 0.634 bits per heavy atom. The van der Waals surface area contributed by atoms with Crippen LogP contribution in [-0.2, 0) is 10.8 Å². The highest BCUT2D eigenvalue weighted by Gasteiger charge is 2.25. The van der Waals surface area contributed by atoms with Crippen molar-refractivity contribution in [3.8, 4) is 33.8 Å². The van der Waals surface area contributed by atoms with Crippen molar-refractivity contribution in [2.75, 3.05) is 0 Å². The number of hydrogen-bond acceptors (Lipinski definition) is 5. The van der Waals surface area contributed by atoms with Crippen LogP contribution in [0.25, 0.3) is 55.7 Å². The van der Waals surface area contributed by atoms with Crippen LogP contribution in [0.15, 0.2) is 77.3 Å². The second kappa shape index (κ2) is 9.62. The quantitative estimate of drug-likeness (QED) is 0.221. The van der Waals surface area contributed by atoms with Crippen molar-refractivity contribution >= 4 is 21.9 Å². The molecule has 0 amide bonds. The lowest BCUT2D eigenvalue weighted by atomic mass is 9.92. The third-order valence-electron chi connectivity index (χ3n) is 7.05. The first-order chi connectivity index (χ1) is 21.8. The Balaban J connectivity index is 1.57. The summed E-state index contributed by atoms with van der Waals surface area (Å²) in [5.74, 6) is 1.92. The molecule has 0 aliphatic heterocycles. The van der Waals surface area contributed by atoms with Gasteiger partial charge in [-0.25, -0.2) is 15.0 Å². The fraction of sp³-hybridized carbons (Fsp3) is 0.278. The summed E-state index contributed by atoms with van der Waals surface area (Å²) in [7, 11) is 0.